The highest BCUT2D eigenvalue weighted by Crippen LogP contribution is 2.26. The molecule has 0 radical (unpaired) electrons. The fourth-order valence-corrected chi connectivity index (χ4v) is 2.89. The second-order valence-electron chi connectivity index (χ2n) is 5.71. The van der Waals surface area contributed by atoms with E-state index >= 15 is 0 Å². The van der Waals surface area contributed by atoms with Gasteiger partial charge in [0.05, 0.1) is 6.54 Å². The molecule has 21 heavy (non-hydrogen) atoms. The molecule has 1 aliphatic heterocycles. The Kier molecular flexibility index (Phi) is 4.13. The van der Waals surface area contributed by atoms with Crippen molar-refractivity contribution in [2.24, 2.45) is 0 Å². The minimum absolute atomic E-state index is 0.0358. The summed E-state index contributed by atoms with van der Waals surface area (Å²) in [6, 6.07) is 8.05. The van der Waals surface area contributed by atoms with Gasteiger partial charge < -0.3 is 9.72 Å². The van der Waals surface area contributed by atoms with Crippen LogP contribution in [0.25, 0.3) is 10.9 Å². The largest absolute Gasteiger partial charge is 0.444 e. The number of cyclic esters (lactones) is 1. The van der Waals surface area contributed by atoms with Crippen LogP contribution in [-0.4, -0.2) is 23.7 Å². The van der Waals surface area contributed by atoms with Crippen molar-refractivity contribution in [3.8, 4) is 0 Å². The van der Waals surface area contributed by atoms with Gasteiger partial charge in [-0.15, -0.1) is 0 Å². The Balaban J connectivity index is 1.64. The topological polar surface area (TPSA) is 45.3 Å². The molecule has 1 unspecified atom stereocenters. The van der Waals surface area contributed by atoms with Gasteiger partial charge in [0.25, 0.3) is 0 Å². The normalized spacial score (nSPS) is 18.4. The molecular weight excluding hydrogens is 264 g/mol. The number of anilines is 1. The number of hydrogen-bond acceptors (Lipinski definition) is 2. The number of benzene rings is 1. The Morgan fingerprint density at radius 2 is 2.19 bits per heavy atom. The SMILES string of the molecule is CCCCCCC1CN(c2ccc3cc[nH]c3c2)C(=O)O1. The van der Waals surface area contributed by atoms with E-state index in [4.69, 9.17) is 4.74 Å². The van der Waals surface area contributed by atoms with Crippen LogP contribution in [0.4, 0.5) is 10.5 Å². The molecule has 0 saturated carbocycles. The second-order valence-corrected chi connectivity index (χ2v) is 5.71. The molecule has 1 atom stereocenters. The van der Waals surface area contributed by atoms with E-state index in [0.717, 1.165) is 29.4 Å². The number of hydrogen-bond donors (Lipinski definition) is 1. The highest BCUT2D eigenvalue weighted by atomic mass is 16.6. The number of unbranched alkanes of at least 4 members (excludes halogenated alkanes) is 3. The van der Waals surface area contributed by atoms with E-state index in [1.165, 1.54) is 19.3 Å². The molecule has 0 aliphatic carbocycles. The van der Waals surface area contributed by atoms with Crippen LogP contribution in [0.5, 0.6) is 0 Å². The molecule has 1 N–H and O–H groups in total. The lowest BCUT2D eigenvalue weighted by Crippen LogP contribution is -2.24. The number of fused-ring (bicyclic) bond motifs is 1. The molecule has 3 rings (SSSR count). The van der Waals surface area contributed by atoms with Crippen molar-refractivity contribution in [1.82, 2.24) is 4.98 Å². The molecule has 1 aromatic carbocycles. The number of nitrogens with one attached hydrogen (secondary N) is 1. The van der Waals surface area contributed by atoms with Gasteiger partial charge >= 0.3 is 6.09 Å². The summed E-state index contributed by atoms with van der Waals surface area (Å²) in [5.74, 6) is 0. The Morgan fingerprint density at radius 3 is 3.05 bits per heavy atom. The average Bonchev–Trinajstić information content (AvgIpc) is 3.09. The summed E-state index contributed by atoms with van der Waals surface area (Å²) in [6.07, 6.45) is 7.53. The third kappa shape index (κ3) is 3.04. The lowest BCUT2D eigenvalue weighted by atomic mass is 10.1. The van der Waals surface area contributed by atoms with Gasteiger partial charge in [-0.2, -0.15) is 0 Å². The summed E-state index contributed by atoms with van der Waals surface area (Å²) >= 11 is 0. The standard InChI is InChI=1S/C17H22N2O2/c1-2-3-4-5-6-15-12-19(17(20)21-15)14-8-7-13-9-10-18-16(13)11-14/h7-11,15,18H,2-6,12H2,1H3. The first-order valence-electron chi connectivity index (χ1n) is 7.83. The van der Waals surface area contributed by atoms with Crippen LogP contribution in [0, 0.1) is 0 Å². The predicted molar refractivity (Wildman–Crippen MR) is 84.7 cm³/mol. The summed E-state index contributed by atoms with van der Waals surface area (Å²) in [5, 5.41) is 1.16. The minimum atomic E-state index is -0.221. The van der Waals surface area contributed by atoms with Gasteiger partial charge in [-0.25, -0.2) is 4.79 Å². The number of H-pyrrole nitrogens is 1. The first-order chi connectivity index (χ1) is 10.3. The monoisotopic (exact) mass is 286 g/mol. The predicted octanol–water partition coefficient (Wildman–Crippen LogP) is 4.46. The molecule has 2 heterocycles. The maximum Gasteiger partial charge on any atom is 0.414 e. The quantitative estimate of drug-likeness (QED) is 0.797. The second kappa shape index (κ2) is 6.20. The maximum absolute atomic E-state index is 12.0. The van der Waals surface area contributed by atoms with Crippen LogP contribution in [0.3, 0.4) is 0 Å². The van der Waals surface area contributed by atoms with Gasteiger partial charge in [-0.3, -0.25) is 4.90 Å². The van der Waals surface area contributed by atoms with Gasteiger partial charge in [0.2, 0.25) is 0 Å². The van der Waals surface area contributed by atoms with Gasteiger partial charge in [-0.05, 0) is 36.4 Å². The molecule has 112 valence electrons. The number of carbonyl (C=O) groups is 1. The first kappa shape index (κ1) is 14.0. The number of amides is 1. The zero-order valence-corrected chi connectivity index (χ0v) is 12.5. The number of rotatable bonds is 6. The highest BCUT2D eigenvalue weighted by Gasteiger charge is 2.31. The lowest BCUT2D eigenvalue weighted by molar-refractivity contribution is 0.135. The third-order valence-electron chi connectivity index (χ3n) is 4.10. The molecule has 2 aromatic rings. The summed E-state index contributed by atoms with van der Waals surface area (Å²) in [7, 11) is 0. The number of nitrogens with zero attached hydrogens (tertiary/aromatic N) is 1. The van der Waals surface area contributed by atoms with Gasteiger partial charge in [0, 0.05) is 17.4 Å². The van der Waals surface area contributed by atoms with E-state index in [-0.39, 0.29) is 12.2 Å². The van der Waals surface area contributed by atoms with E-state index in [9.17, 15) is 4.79 Å². The molecule has 4 nitrogen and oxygen atoms in total. The highest BCUT2D eigenvalue weighted by molar-refractivity contribution is 5.93. The van der Waals surface area contributed by atoms with Crippen LogP contribution in [0.1, 0.15) is 39.0 Å². The Labute approximate surface area is 125 Å². The zero-order chi connectivity index (χ0) is 14.7. The Morgan fingerprint density at radius 1 is 1.29 bits per heavy atom. The molecular formula is C17H22N2O2. The van der Waals surface area contributed by atoms with Crippen molar-refractivity contribution in [2.75, 3.05) is 11.4 Å². The van der Waals surface area contributed by atoms with Crippen LogP contribution in [-0.2, 0) is 4.74 Å². The molecule has 1 aromatic heterocycles. The van der Waals surface area contributed by atoms with E-state index in [1.54, 1.807) is 4.90 Å². The third-order valence-corrected chi connectivity index (χ3v) is 4.10. The van der Waals surface area contributed by atoms with E-state index in [1.807, 2.05) is 30.5 Å². The molecule has 1 fully saturated rings. The molecule has 1 aliphatic rings. The maximum atomic E-state index is 12.0. The fourth-order valence-electron chi connectivity index (χ4n) is 2.89. The van der Waals surface area contributed by atoms with E-state index < -0.39 is 0 Å². The van der Waals surface area contributed by atoms with Crippen molar-refractivity contribution in [2.45, 2.75) is 45.1 Å². The average molecular weight is 286 g/mol. The molecule has 1 amide bonds. The Bertz CT molecular complexity index is 620. The van der Waals surface area contributed by atoms with Crippen molar-refractivity contribution in [3.63, 3.8) is 0 Å². The number of aromatic amines is 1. The van der Waals surface area contributed by atoms with E-state index in [0.29, 0.717) is 6.54 Å². The summed E-state index contributed by atoms with van der Waals surface area (Å²) in [5.41, 5.74) is 1.96. The van der Waals surface area contributed by atoms with Crippen molar-refractivity contribution in [1.29, 1.82) is 0 Å². The fraction of sp³-hybridized carbons (Fsp3) is 0.471. The molecule has 0 bridgehead atoms. The van der Waals surface area contributed by atoms with Crippen LogP contribution >= 0.6 is 0 Å². The van der Waals surface area contributed by atoms with Gasteiger partial charge in [-0.1, -0.05) is 32.3 Å². The Hall–Kier alpha value is -1.97. The number of ether oxygens (including phenoxy) is 1. The van der Waals surface area contributed by atoms with Crippen molar-refractivity contribution >= 4 is 22.7 Å². The lowest BCUT2D eigenvalue weighted by Gasteiger charge is -2.13. The van der Waals surface area contributed by atoms with Crippen LogP contribution < -0.4 is 4.90 Å². The van der Waals surface area contributed by atoms with Crippen molar-refractivity contribution < 1.29 is 9.53 Å². The van der Waals surface area contributed by atoms with Gasteiger partial charge in [0.15, 0.2) is 0 Å². The molecule has 1 saturated heterocycles. The number of carbonyl (C=O) groups excluding carboxylic acids is 1. The van der Waals surface area contributed by atoms with Crippen LogP contribution in [0.2, 0.25) is 0 Å². The minimum Gasteiger partial charge on any atom is -0.444 e. The smallest absolute Gasteiger partial charge is 0.414 e. The first-order valence-corrected chi connectivity index (χ1v) is 7.83. The number of aromatic nitrogens is 1. The van der Waals surface area contributed by atoms with Crippen LogP contribution in [0.15, 0.2) is 30.5 Å². The zero-order valence-electron chi connectivity index (χ0n) is 12.5. The molecule has 4 heteroatoms. The summed E-state index contributed by atoms with van der Waals surface area (Å²) in [4.78, 5) is 17.0. The van der Waals surface area contributed by atoms with E-state index in [2.05, 4.69) is 11.9 Å². The summed E-state index contributed by atoms with van der Waals surface area (Å²) in [6.45, 7) is 2.87. The molecule has 0 spiro atoms. The van der Waals surface area contributed by atoms with Gasteiger partial charge in [0.1, 0.15) is 6.10 Å². The summed E-state index contributed by atoms with van der Waals surface area (Å²) < 4.78 is 5.48. The van der Waals surface area contributed by atoms with Crippen molar-refractivity contribution in [3.05, 3.63) is 30.5 Å².